The molecule has 2 rings (SSSR count). The highest BCUT2D eigenvalue weighted by Gasteiger charge is 2.39. The Kier molecular flexibility index (Phi) is 3.95. The van der Waals surface area contributed by atoms with E-state index < -0.39 is 10.0 Å². The lowest BCUT2D eigenvalue weighted by Crippen LogP contribution is -2.36. The van der Waals surface area contributed by atoms with E-state index >= 15 is 0 Å². The van der Waals surface area contributed by atoms with Crippen LogP contribution >= 0.6 is 0 Å². The van der Waals surface area contributed by atoms with Gasteiger partial charge in [0.25, 0.3) is 10.0 Å². The van der Waals surface area contributed by atoms with E-state index in [2.05, 4.69) is 22.0 Å². The highest BCUT2D eigenvalue weighted by atomic mass is 32.2. The molecular weight excluding hydrogens is 266 g/mol. The van der Waals surface area contributed by atoms with Gasteiger partial charge in [0, 0.05) is 31.2 Å². The summed E-state index contributed by atoms with van der Waals surface area (Å²) in [7, 11) is 0.413. The van der Waals surface area contributed by atoms with E-state index in [9.17, 15) is 8.42 Å². The van der Waals surface area contributed by atoms with Crippen molar-refractivity contribution in [3.8, 4) is 0 Å². The molecule has 0 bridgehead atoms. The molecule has 19 heavy (non-hydrogen) atoms. The Morgan fingerprint density at radius 2 is 2.21 bits per heavy atom. The Labute approximate surface area is 113 Å². The molecule has 0 aromatic carbocycles. The summed E-state index contributed by atoms with van der Waals surface area (Å²) in [4.78, 5) is 2.07. The normalized spacial score (nSPS) is 25.3. The Morgan fingerprint density at radius 1 is 1.53 bits per heavy atom. The molecule has 1 aliphatic heterocycles. The quantitative estimate of drug-likeness (QED) is 0.774. The maximum atomic E-state index is 12.6. The second-order valence-corrected chi connectivity index (χ2v) is 7.13. The minimum Gasteiger partial charge on any atom is -0.326 e. The molecule has 1 saturated heterocycles. The van der Waals surface area contributed by atoms with Gasteiger partial charge in [-0.05, 0) is 20.0 Å². The van der Waals surface area contributed by atoms with E-state index in [1.807, 2.05) is 14.1 Å². The molecule has 2 atom stereocenters. The number of nitrogens with one attached hydrogen (secondary N) is 1. The third kappa shape index (κ3) is 2.53. The van der Waals surface area contributed by atoms with Crippen molar-refractivity contribution in [1.82, 2.24) is 19.4 Å². The van der Waals surface area contributed by atoms with Crippen LogP contribution in [0.4, 0.5) is 0 Å². The van der Waals surface area contributed by atoms with Crippen LogP contribution in [-0.4, -0.2) is 61.0 Å². The Morgan fingerprint density at radius 3 is 2.74 bits per heavy atom. The molecule has 1 fully saturated rings. The molecule has 0 saturated carbocycles. The van der Waals surface area contributed by atoms with Crippen molar-refractivity contribution in [3.05, 3.63) is 11.8 Å². The van der Waals surface area contributed by atoms with Crippen molar-refractivity contribution >= 4 is 10.0 Å². The van der Waals surface area contributed by atoms with Crippen molar-refractivity contribution in [2.45, 2.75) is 24.5 Å². The summed E-state index contributed by atoms with van der Waals surface area (Å²) in [5.41, 5.74) is 6.07. The molecule has 3 N–H and O–H groups in total. The molecule has 0 amide bonds. The van der Waals surface area contributed by atoms with Crippen LogP contribution in [0.5, 0.6) is 0 Å². The molecule has 108 valence electrons. The Balaban J connectivity index is 2.27. The second-order valence-electron chi connectivity index (χ2n) is 5.26. The van der Waals surface area contributed by atoms with E-state index in [0.717, 1.165) is 0 Å². The van der Waals surface area contributed by atoms with Gasteiger partial charge >= 0.3 is 0 Å². The molecular formula is C11H21N5O2S. The van der Waals surface area contributed by atoms with Crippen LogP contribution in [0, 0.1) is 5.92 Å². The maximum absolute atomic E-state index is 12.6. The zero-order chi connectivity index (χ0) is 14.2. The minimum absolute atomic E-state index is 0.126. The van der Waals surface area contributed by atoms with Crippen molar-refractivity contribution in [1.29, 1.82) is 0 Å². The summed E-state index contributed by atoms with van der Waals surface area (Å²) in [6, 6.07) is 0.235. The first kappa shape index (κ1) is 14.4. The molecule has 1 aliphatic rings. The summed E-state index contributed by atoms with van der Waals surface area (Å²) in [6.45, 7) is 3.25. The molecule has 2 heterocycles. The summed E-state index contributed by atoms with van der Waals surface area (Å²) in [5.74, 6) is 0.300. The monoisotopic (exact) mass is 287 g/mol. The number of likely N-dealkylation sites (N-methyl/N-ethyl adjacent to an activating group) is 1. The SMILES string of the molecule is CC1CN(S(=O)(=O)c2[nH]ncc2CN)CC1N(C)C. The van der Waals surface area contributed by atoms with E-state index in [0.29, 0.717) is 24.6 Å². The predicted molar refractivity (Wildman–Crippen MR) is 71.9 cm³/mol. The van der Waals surface area contributed by atoms with E-state index in [1.165, 1.54) is 10.5 Å². The standard InChI is InChI=1S/C11H21N5O2S/c1-8-6-16(7-10(8)15(2)3)19(17,18)11-9(4-12)5-13-14-11/h5,8,10H,4,6-7,12H2,1-3H3,(H,13,14). The van der Waals surface area contributed by atoms with Gasteiger partial charge in [-0.3, -0.25) is 5.10 Å². The zero-order valence-corrected chi connectivity index (χ0v) is 12.3. The summed E-state index contributed by atoms with van der Waals surface area (Å²) >= 11 is 0. The summed E-state index contributed by atoms with van der Waals surface area (Å²) < 4.78 is 26.6. The molecule has 1 aromatic heterocycles. The lowest BCUT2D eigenvalue weighted by atomic mass is 10.1. The van der Waals surface area contributed by atoms with Gasteiger partial charge in [-0.15, -0.1) is 0 Å². The van der Waals surface area contributed by atoms with Crippen LogP contribution in [0.25, 0.3) is 0 Å². The first-order chi connectivity index (χ1) is 8.87. The number of hydrogen-bond acceptors (Lipinski definition) is 5. The van der Waals surface area contributed by atoms with Crippen molar-refractivity contribution < 1.29 is 8.42 Å². The average molecular weight is 287 g/mol. The molecule has 7 nitrogen and oxygen atoms in total. The van der Waals surface area contributed by atoms with Gasteiger partial charge in [0.1, 0.15) is 0 Å². The highest BCUT2D eigenvalue weighted by molar-refractivity contribution is 7.89. The van der Waals surface area contributed by atoms with Crippen LogP contribution in [0.2, 0.25) is 0 Å². The Bertz CT molecular complexity index is 539. The third-order valence-electron chi connectivity index (χ3n) is 3.70. The van der Waals surface area contributed by atoms with Gasteiger partial charge in [0.2, 0.25) is 0 Å². The van der Waals surface area contributed by atoms with Crippen molar-refractivity contribution in [2.75, 3.05) is 27.2 Å². The predicted octanol–water partition coefficient (Wildman–Crippen LogP) is -0.561. The number of H-pyrrole nitrogens is 1. The van der Waals surface area contributed by atoms with Crippen molar-refractivity contribution in [2.24, 2.45) is 11.7 Å². The molecule has 1 aromatic rings. The number of sulfonamides is 1. The topological polar surface area (TPSA) is 95.3 Å². The lowest BCUT2D eigenvalue weighted by molar-refractivity contribution is 0.263. The number of rotatable bonds is 4. The molecule has 0 aliphatic carbocycles. The number of nitrogens with two attached hydrogens (primary N) is 1. The fourth-order valence-corrected chi connectivity index (χ4v) is 4.25. The number of nitrogens with zero attached hydrogens (tertiary/aromatic N) is 3. The van der Waals surface area contributed by atoms with Gasteiger partial charge in [-0.1, -0.05) is 6.92 Å². The van der Waals surface area contributed by atoms with Gasteiger partial charge in [-0.25, -0.2) is 8.42 Å². The van der Waals surface area contributed by atoms with Gasteiger partial charge < -0.3 is 10.6 Å². The largest absolute Gasteiger partial charge is 0.326 e. The van der Waals surface area contributed by atoms with Crippen LogP contribution < -0.4 is 5.73 Å². The number of hydrogen-bond donors (Lipinski definition) is 2. The minimum atomic E-state index is -3.53. The number of aromatic amines is 1. The van der Waals surface area contributed by atoms with Gasteiger partial charge in [0.05, 0.1) is 6.20 Å². The Hall–Kier alpha value is -0.960. The summed E-state index contributed by atoms with van der Waals surface area (Å²) in [5, 5.41) is 6.47. The molecule has 0 radical (unpaired) electrons. The lowest BCUT2D eigenvalue weighted by Gasteiger charge is -2.22. The first-order valence-electron chi connectivity index (χ1n) is 6.26. The fourth-order valence-electron chi connectivity index (χ4n) is 2.57. The first-order valence-corrected chi connectivity index (χ1v) is 7.70. The van der Waals surface area contributed by atoms with E-state index in [-0.39, 0.29) is 17.6 Å². The van der Waals surface area contributed by atoms with Crippen LogP contribution in [0.3, 0.4) is 0 Å². The second kappa shape index (κ2) is 5.20. The maximum Gasteiger partial charge on any atom is 0.260 e. The van der Waals surface area contributed by atoms with Crippen molar-refractivity contribution in [3.63, 3.8) is 0 Å². The molecule has 2 unspecified atom stereocenters. The van der Waals surface area contributed by atoms with Crippen LogP contribution in [0.15, 0.2) is 11.2 Å². The fraction of sp³-hybridized carbons (Fsp3) is 0.727. The summed E-state index contributed by atoms with van der Waals surface area (Å²) in [6.07, 6.45) is 1.47. The smallest absolute Gasteiger partial charge is 0.260 e. The van der Waals surface area contributed by atoms with Crippen LogP contribution in [0.1, 0.15) is 12.5 Å². The third-order valence-corrected chi connectivity index (χ3v) is 5.55. The van der Waals surface area contributed by atoms with Gasteiger partial charge in [-0.2, -0.15) is 9.40 Å². The molecule has 8 heteroatoms. The highest BCUT2D eigenvalue weighted by Crippen LogP contribution is 2.26. The van der Waals surface area contributed by atoms with Crippen LogP contribution in [-0.2, 0) is 16.6 Å². The average Bonchev–Trinajstić information content (AvgIpc) is 2.94. The van der Waals surface area contributed by atoms with E-state index in [4.69, 9.17) is 5.73 Å². The molecule has 0 spiro atoms. The van der Waals surface area contributed by atoms with Gasteiger partial charge in [0.15, 0.2) is 5.03 Å². The number of aromatic nitrogens is 2. The zero-order valence-electron chi connectivity index (χ0n) is 11.5. The van der Waals surface area contributed by atoms with E-state index in [1.54, 1.807) is 0 Å².